The summed E-state index contributed by atoms with van der Waals surface area (Å²) in [5.74, 6) is 0.0734. The first-order chi connectivity index (χ1) is 10.1. The standard InChI is InChI=1S/C16H24N2O.C2H6/c1-4-13-11-14(6-5-12(13)2)16(19)17-15-7-9-18(3)10-8-15;1-2/h5-6,11,15H,4,7-10H2,1-3H3,(H,17,19);1-2H3. The zero-order valence-electron chi connectivity index (χ0n) is 14.2. The van der Waals surface area contributed by atoms with Gasteiger partial charge in [-0.1, -0.05) is 26.8 Å². The second-order valence-corrected chi connectivity index (χ2v) is 5.55. The van der Waals surface area contributed by atoms with Crippen molar-refractivity contribution in [2.24, 2.45) is 0 Å². The quantitative estimate of drug-likeness (QED) is 0.925. The molecule has 0 atom stereocenters. The highest BCUT2D eigenvalue weighted by Gasteiger charge is 2.19. The molecule has 1 fully saturated rings. The second-order valence-electron chi connectivity index (χ2n) is 5.55. The number of carbonyl (C=O) groups is 1. The SMILES string of the molecule is CC.CCc1cc(C(=O)NC2CCN(C)CC2)ccc1C. The van der Waals surface area contributed by atoms with Crippen molar-refractivity contribution in [1.29, 1.82) is 0 Å². The molecule has 1 aromatic rings. The molecule has 3 heteroatoms. The van der Waals surface area contributed by atoms with Crippen LogP contribution in [0.25, 0.3) is 0 Å². The fourth-order valence-corrected chi connectivity index (χ4v) is 2.62. The van der Waals surface area contributed by atoms with Gasteiger partial charge in [-0.25, -0.2) is 0 Å². The van der Waals surface area contributed by atoms with Crippen LogP contribution in [0.5, 0.6) is 0 Å². The van der Waals surface area contributed by atoms with Crippen LogP contribution in [0.4, 0.5) is 0 Å². The molecule has 1 aliphatic heterocycles. The fourth-order valence-electron chi connectivity index (χ4n) is 2.62. The zero-order valence-corrected chi connectivity index (χ0v) is 14.2. The first kappa shape index (κ1) is 17.7. The first-order valence-electron chi connectivity index (χ1n) is 8.19. The predicted molar refractivity (Wildman–Crippen MR) is 89.9 cm³/mol. The lowest BCUT2D eigenvalue weighted by Crippen LogP contribution is -2.43. The normalized spacial score (nSPS) is 16.0. The minimum atomic E-state index is 0.0734. The van der Waals surface area contributed by atoms with E-state index >= 15 is 0 Å². The monoisotopic (exact) mass is 290 g/mol. The Morgan fingerprint density at radius 1 is 1.29 bits per heavy atom. The predicted octanol–water partition coefficient (Wildman–Crippen LogP) is 3.41. The highest BCUT2D eigenvalue weighted by molar-refractivity contribution is 5.94. The molecule has 0 unspecified atom stereocenters. The molecule has 0 aromatic heterocycles. The summed E-state index contributed by atoms with van der Waals surface area (Å²) in [6, 6.07) is 6.33. The van der Waals surface area contributed by atoms with Gasteiger partial charge in [-0.05, 0) is 69.6 Å². The molecule has 1 aliphatic rings. The van der Waals surface area contributed by atoms with Crippen LogP contribution in [0.3, 0.4) is 0 Å². The Labute approximate surface area is 129 Å². The van der Waals surface area contributed by atoms with E-state index in [4.69, 9.17) is 0 Å². The number of benzene rings is 1. The van der Waals surface area contributed by atoms with Crippen molar-refractivity contribution in [1.82, 2.24) is 10.2 Å². The molecule has 1 heterocycles. The summed E-state index contributed by atoms with van der Waals surface area (Å²) >= 11 is 0. The van der Waals surface area contributed by atoms with Gasteiger partial charge in [0.15, 0.2) is 0 Å². The highest BCUT2D eigenvalue weighted by Crippen LogP contribution is 2.13. The maximum atomic E-state index is 12.2. The van der Waals surface area contributed by atoms with Gasteiger partial charge in [0.2, 0.25) is 0 Å². The summed E-state index contributed by atoms with van der Waals surface area (Å²) in [6.07, 6.45) is 3.07. The van der Waals surface area contributed by atoms with E-state index in [0.717, 1.165) is 37.9 Å². The first-order valence-corrected chi connectivity index (χ1v) is 8.19. The molecule has 0 aliphatic carbocycles. The minimum Gasteiger partial charge on any atom is -0.349 e. The Morgan fingerprint density at radius 2 is 1.90 bits per heavy atom. The van der Waals surface area contributed by atoms with E-state index < -0.39 is 0 Å². The number of amides is 1. The molecular formula is C18H30N2O. The van der Waals surface area contributed by atoms with Gasteiger partial charge >= 0.3 is 0 Å². The van der Waals surface area contributed by atoms with Crippen LogP contribution in [-0.4, -0.2) is 37.0 Å². The van der Waals surface area contributed by atoms with Crippen molar-refractivity contribution in [3.8, 4) is 0 Å². The maximum Gasteiger partial charge on any atom is 0.251 e. The van der Waals surface area contributed by atoms with Crippen LogP contribution in [0, 0.1) is 6.92 Å². The Bertz CT molecular complexity index is 449. The Hall–Kier alpha value is -1.35. The molecule has 118 valence electrons. The van der Waals surface area contributed by atoms with Gasteiger partial charge in [0.25, 0.3) is 5.91 Å². The fraction of sp³-hybridized carbons (Fsp3) is 0.611. The summed E-state index contributed by atoms with van der Waals surface area (Å²) in [4.78, 5) is 14.6. The van der Waals surface area contributed by atoms with E-state index in [-0.39, 0.29) is 5.91 Å². The third-order valence-electron chi connectivity index (χ3n) is 4.05. The van der Waals surface area contributed by atoms with Gasteiger partial charge in [-0.2, -0.15) is 0 Å². The molecule has 0 spiro atoms. The number of carbonyl (C=O) groups excluding carboxylic acids is 1. The molecule has 2 rings (SSSR count). The average Bonchev–Trinajstić information content (AvgIpc) is 2.52. The molecule has 1 saturated heterocycles. The number of hydrogen-bond donors (Lipinski definition) is 1. The summed E-state index contributed by atoms with van der Waals surface area (Å²) in [7, 11) is 2.13. The summed E-state index contributed by atoms with van der Waals surface area (Å²) in [5.41, 5.74) is 3.32. The van der Waals surface area contributed by atoms with Crippen molar-refractivity contribution in [3.05, 3.63) is 34.9 Å². The van der Waals surface area contributed by atoms with Crippen LogP contribution < -0.4 is 5.32 Å². The van der Waals surface area contributed by atoms with Gasteiger partial charge < -0.3 is 10.2 Å². The van der Waals surface area contributed by atoms with E-state index in [0.29, 0.717) is 6.04 Å². The third kappa shape index (κ3) is 5.16. The van der Waals surface area contributed by atoms with Crippen molar-refractivity contribution in [2.75, 3.05) is 20.1 Å². The molecule has 21 heavy (non-hydrogen) atoms. The van der Waals surface area contributed by atoms with Gasteiger partial charge in [0, 0.05) is 11.6 Å². The van der Waals surface area contributed by atoms with Crippen LogP contribution in [0.1, 0.15) is 55.1 Å². The van der Waals surface area contributed by atoms with Crippen molar-refractivity contribution in [2.45, 2.75) is 53.0 Å². The molecular weight excluding hydrogens is 260 g/mol. The number of likely N-dealkylation sites (tertiary alicyclic amines) is 1. The molecule has 1 N–H and O–H groups in total. The van der Waals surface area contributed by atoms with Gasteiger partial charge in [0.05, 0.1) is 0 Å². The maximum absolute atomic E-state index is 12.2. The number of piperidine rings is 1. The van der Waals surface area contributed by atoms with E-state index in [1.165, 1.54) is 11.1 Å². The summed E-state index contributed by atoms with van der Waals surface area (Å²) in [6.45, 7) is 10.4. The van der Waals surface area contributed by atoms with Crippen molar-refractivity contribution in [3.63, 3.8) is 0 Å². The summed E-state index contributed by atoms with van der Waals surface area (Å²) < 4.78 is 0. The van der Waals surface area contributed by atoms with Gasteiger partial charge in [-0.15, -0.1) is 0 Å². The zero-order chi connectivity index (χ0) is 15.8. The smallest absolute Gasteiger partial charge is 0.251 e. The molecule has 1 amide bonds. The highest BCUT2D eigenvalue weighted by atomic mass is 16.1. The van der Waals surface area contributed by atoms with Crippen LogP contribution >= 0.6 is 0 Å². The van der Waals surface area contributed by atoms with Crippen LogP contribution in [-0.2, 0) is 6.42 Å². The summed E-state index contributed by atoms with van der Waals surface area (Å²) in [5, 5.41) is 3.16. The number of nitrogens with one attached hydrogen (secondary N) is 1. The van der Waals surface area contributed by atoms with Crippen molar-refractivity contribution >= 4 is 5.91 Å². The molecule has 0 bridgehead atoms. The van der Waals surface area contributed by atoms with Crippen LogP contribution in [0.15, 0.2) is 18.2 Å². The number of rotatable bonds is 3. The lowest BCUT2D eigenvalue weighted by molar-refractivity contribution is 0.0917. The van der Waals surface area contributed by atoms with Gasteiger partial charge in [0.1, 0.15) is 0 Å². The molecule has 0 saturated carbocycles. The molecule has 1 aromatic carbocycles. The number of aryl methyl sites for hydroxylation is 2. The Balaban J connectivity index is 0.00000106. The third-order valence-corrected chi connectivity index (χ3v) is 4.05. The van der Waals surface area contributed by atoms with Gasteiger partial charge in [-0.3, -0.25) is 4.79 Å². The topological polar surface area (TPSA) is 32.3 Å². The second kappa shape index (κ2) is 8.83. The van der Waals surface area contributed by atoms with E-state index in [2.05, 4.69) is 31.1 Å². The largest absolute Gasteiger partial charge is 0.349 e. The average molecular weight is 290 g/mol. The lowest BCUT2D eigenvalue weighted by Gasteiger charge is -2.29. The number of hydrogen-bond acceptors (Lipinski definition) is 2. The Kier molecular flexibility index (Phi) is 7.44. The van der Waals surface area contributed by atoms with E-state index in [9.17, 15) is 4.79 Å². The number of nitrogens with zero attached hydrogens (tertiary/aromatic N) is 1. The van der Waals surface area contributed by atoms with E-state index in [1.807, 2.05) is 32.0 Å². The minimum absolute atomic E-state index is 0.0734. The van der Waals surface area contributed by atoms with Crippen LogP contribution in [0.2, 0.25) is 0 Å². The lowest BCUT2D eigenvalue weighted by atomic mass is 10.0. The van der Waals surface area contributed by atoms with Crippen molar-refractivity contribution < 1.29 is 4.79 Å². The molecule has 3 nitrogen and oxygen atoms in total. The van der Waals surface area contributed by atoms with E-state index in [1.54, 1.807) is 0 Å². The Morgan fingerprint density at radius 3 is 2.48 bits per heavy atom. The molecule has 0 radical (unpaired) electrons.